The molecule has 27 heavy (non-hydrogen) atoms. The van der Waals surface area contributed by atoms with Crippen LogP contribution in [0.15, 0.2) is 66.7 Å². The Hall–Kier alpha value is -3.18. The van der Waals surface area contributed by atoms with Crippen LogP contribution in [-0.2, 0) is 24.4 Å². The number of hydrogen-bond donors (Lipinski definition) is 2. The first-order valence-corrected chi connectivity index (χ1v) is 8.57. The highest BCUT2D eigenvalue weighted by molar-refractivity contribution is 5.71. The number of ether oxygens (including phenoxy) is 1. The summed E-state index contributed by atoms with van der Waals surface area (Å²) in [6.07, 6.45) is -0.293. The maximum atomic E-state index is 14.1. The normalized spacial score (nSPS) is 10.6. The molecule has 3 rings (SSSR count). The van der Waals surface area contributed by atoms with Crippen molar-refractivity contribution >= 4 is 5.97 Å². The average molecular weight is 365 g/mol. The molecule has 0 saturated heterocycles. The van der Waals surface area contributed by atoms with Gasteiger partial charge in [-0.2, -0.15) is 0 Å². The van der Waals surface area contributed by atoms with Crippen molar-refractivity contribution in [3.63, 3.8) is 0 Å². The number of aliphatic carboxylic acids is 1. The maximum absolute atomic E-state index is 14.1. The van der Waals surface area contributed by atoms with Gasteiger partial charge >= 0.3 is 5.97 Å². The fourth-order valence-electron chi connectivity index (χ4n) is 2.89. The minimum Gasteiger partial charge on any atom is -0.486 e. The lowest BCUT2D eigenvalue weighted by atomic mass is 10.0. The van der Waals surface area contributed by atoms with Crippen molar-refractivity contribution in [3.8, 4) is 16.9 Å². The number of carbonyl (C=O) groups is 1. The first-order valence-electron chi connectivity index (χ1n) is 8.57. The van der Waals surface area contributed by atoms with Gasteiger partial charge in [0.25, 0.3) is 0 Å². The van der Waals surface area contributed by atoms with E-state index in [1.807, 2.05) is 48.5 Å². The quantitative estimate of drug-likeness (QED) is 0.659. The predicted molar refractivity (Wildman–Crippen MR) is 102 cm³/mol. The zero-order valence-electron chi connectivity index (χ0n) is 14.7. The molecule has 0 atom stereocenters. The SMILES string of the molecule is NCc1cccc(-c2cccc(COc3c(F)cccc3CC(=O)O)c2)c1. The molecule has 0 unspecified atom stereocenters. The van der Waals surface area contributed by atoms with Crippen LogP contribution in [0.3, 0.4) is 0 Å². The fourth-order valence-corrected chi connectivity index (χ4v) is 2.89. The molecule has 0 saturated carbocycles. The van der Waals surface area contributed by atoms with E-state index in [4.69, 9.17) is 15.6 Å². The lowest BCUT2D eigenvalue weighted by Crippen LogP contribution is -2.06. The Morgan fingerprint density at radius 3 is 2.26 bits per heavy atom. The topological polar surface area (TPSA) is 72.5 Å². The van der Waals surface area contributed by atoms with E-state index in [1.165, 1.54) is 12.1 Å². The van der Waals surface area contributed by atoms with Crippen molar-refractivity contribution in [3.05, 3.63) is 89.2 Å². The van der Waals surface area contributed by atoms with Crippen LogP contribution in [0.4, 0.5) is 4.39 Å². The highest BCUT2D eigenvalue weighted by atomic mass is 19.1. The van der Waals surface area contributed by atoms with Crippen LogP contribution in [0.5, 0.6) is 5.75 Å². The number of benzene rings is 3. The zero-order chi connectivity index (χ0) is 19.2. The third-order valence-electron chi connectivity index (χ3n) is 4.20. The maximum Gasteiger partial charge on any atom is 0.307 e. The van der Waals surface area contributed by atoms with Crippen LogP contribution in [0.2, 0.25) is 0 Å². The minimum absolute atomic E-state index is 0.0181. The van der Waals surface area contributed by atoms with Crippen LogP contribution >= 0.6 is 0 Å². The summed E-state index contributed by atoms with van der Waals surface area (Å²) in [6.45, 7) is 0.605. The summed E-state index contributed by atoms with van der Waals surface area (Å²) >= 11 is 0. The van der Waals surface area contributed by atoms with Gasteiger partial charge in [0.2, 0.25) is 0 Å². The molecule has 5 heteroatoms. The Morgan fingerprint density at radius 1 is 0.963 bits per heavy atom. The van der Waals surface area contributed by atoms with E-state index in [-0.39, 0.29) is 18.8 Å². The van der Waals surface area contributed by atoms with Crippen molar-refractivity contribution in [2.45, 2.75) is 19.6 Å². The first-order chi connectivity index (χ1) is 13.1. The number of nitrogens with two attached hydrogens (primary N) is 1. The molecule has 0 bridgehead atoms. The van der Waals surface area contributed by atoms with Gasteiger partial charge in [-0.25, -0.2) is 4.39 Å². The molecule has 0 fully saturated rings. The van der Waals surface area contributed by atoms with Gasteiger partial charge in [0, 0.05) is 12.1 Å². The largest absolute Gasteiger partial charge is 0.486 e. The van der Waals surface area contributed by atoms with Crippen molar-refractivity contribution < 1.29 is 19.0 Å². The molecule has 0 amide bonds. The number of carboxylic acids is 1. The van der Waals surface area contributed by atoms with Crippen molar-refractivity contribution in [1.82, 2.24) is 0 Å². The van der Waals surface area contributed by atoms with E-state index in [0.717, 1.165) is 22.3 Å². The van der Waals surface area contributed by atoms with E-state index in [0.29, 0.717) is 12.1 Å². The van der Waals surface area contributed by atoms with Crippen LogP contribution < -0.4 is 10.5 Å². The summed E-state index contributed by atoms with van der Waals surface area (Å²) < 4.78 is 19.7. The molecular weight excluding hydrogens is 345 g/mol. The summed E-state index contributed by atoms with van der Waals surface area (Å²) in [6, 6.07) is 20.0. The molecule has 3 aromatic carbocycles. The summed E-state index contributed by atoms with van der Waals surface area (Å²) in [5.74, 6) is -1.62. The monoisotopic (exact) mass is 365 g/mol. The Labute approximate surface area is 157 Å². The van der Waals surface area contributed by atoms with E-state index in [1.54, 1.807) is 6.07 Å². The van der Waals surface area contributed by atoms with Gasteiger partial charge < -0.3 is 15.6 Å². The molecule has 3 aromatic rings. The standard InChI is InChI=1S/C22H20FNO3/c23-20-9-3-8-19(12-21(25)26)22(20)27-14-16-5-2-7-18(11-16)17-6-1-4-15(10-17)13-24/h1-11H,12-14,24H2,(H,25,26). The third-order valence-corrected chi connectivity index (χ3v) is 4.20. The average Bonchev–Trinajstić information content (AvgIpc) is 2.67. The predicted octanol–water partition coefficient (Wildman–Crippen LogP) is 4.16. The molecule has 0 radical (unpaired) electrons. The molecule has 4 nitrogen and oxygen atoms in total. The Balaban J connectivity index is 1.81. The van der Waals surface area contributed by atoms with Crippen LogP contribution in [0, 0.1) is 5.82 Å². The number of rotatable bonds is 7. The second kappa shape index (κ2) is 8.47. The number of carboxylic acid groups (broad SMARTS) is 1. The van der Waals surface area contributed by atoms with Gasteiger partial charge in [-0.05, 0) is 40.5 Å². The molecule has 0 aliphatic rings. The summed E-state index contributed by atoms with van der Waals surface area (Å²) in [7, 11) is 0. The number of halogens is 1. The first kappa shape index (κ1) is 18.6. The lowest BCUT2D eigenvalue weighted by molar-refractivity contribution is -0.136. The molecule has 0 spiro atoms. The highest BCUT2D eigenvalue weighted by Gasteiger charge is 2.13. The Bertz CT molecular complexity index is 956. The molecule has 0 aliphatic carbocycles. The van der Waals surface area contributed by atoms with E-state index >= 15 is 0 Å². The van der Waals surface area contributed by atoms with Crippen LogP contribution in [0.25, 0.3) is 11.1 Å². The number of hydrogen-bond acceptors (Lipinski definition) is 3. The lowest BCUT2D eigenvalue weighted by Gasteiger charge is -2.12. The molecule has 0 aliphatic heterocycles. The van der Waals surface area contributed by atoms with Gasteiger partial charge in [-0.3, -0.25) is 4.79 Å². The van der Waals surface area contributed by atoms with Gasteiger partial charge in [0.1, 0.15) is 6.61 Å². The molecular formula is C22H20FNO3. The van der Waals surface area contributed by atoms with E-state index in [2.05, 4.69) is 0 Å². The fraction of sp³-hybridized carbons (Fsp3) is 0.136. The second-order valence-electron chi connectivity index (χ2n) is 6.19. The second-order valence-corrected chi connectivity index (χ2v) is 6.19. The number of para-hydroxylation sites is 1. The van der Waals surface area contributed by atoms with E-state index < -0.39 is 11.8 Å². The van der Waals surface area contributed by atoms with E-state index in [9.17, 15) is 9.18 Å². The van der Waals surface area contributed by atoms with Gasteiger partial charge in [0.15, 0.2) is 11.6 Å². The van der Waals surface area contributed by atoms with Crippen molar-refractivity contribution in [2.75, 3.05) is 0 Å². The molecule has 138 valence electrons. The third kappa shape index (κ3) is 4.71. The van der Waals surface area contributed by atoms with Gasteiger partial charge in [-0.1, -0.05) is 48.5 Å². The summed E-state index contributed by atoms with van der Waals surface area (Å²) in [5.41, 5.74) is 9.96. The smallest absolute Gasteiger partial charge is 0.307 e. The van der Waals surface area contributed by atoms with Crippen LogP contribution in [0.1, 0.15) is 16.7 Å². The van der Waals surface area contributed by atoms with Crippen LogP contribution in [-0.4, -0.2) is 11.1 Å². The van der Waals surface area contributed by atoms with Gasteiger partial charge in [0.05, 0.1) is 6.42 Å². The summed E-state index contributed by atoms with van der Waals surface area (Å²) in [4.78, 5) is 11.0. The van der Waals surface area contributed by atoms with Crippen molar-refractivity contribution in [2.24, 2.45) is 5.73 Å². The highest BCUT2D eigenvalue weighted by Crippen LogP contribution is 2.26. The van der Waals surface area contributed by atoms with Gasteiger partial charge in [-0.15, -0.1) is 0 Å². The zero-order valence-corrected chi connectivity index (χ0v) is 14.7. The van der Waals surface area contributed by atoms with Crippen molar-refractivity contribution in [1.29, 1.82) is 0 Å². The molecule has 0 heterocycles. The molecule has 0 aromatic heterocycles. The molecule has 3 N–H and O–H groups in total. The summed E-state index contributed by atoms with van der Waals surface area (Å²) in [5, 5.41) is 8.99. The minimum atomic E-state index is -1.03. The Morgan fingerprint density at radius 2 is 1.59 bits per heavy atom. The Kier molecular flexibility index (Phi) is 5.84.